The van der Waals surface area contributed by atoms with E-state index in [0.717, 1.165) is 56.9 Å². The first-order chi connectivity index (χ1) is 16.8. The molecule has 0 atom stereocenters. The van der Waals surface area contributed by atoms with Gasteiger partial charge >= 0.3 is 0 Å². The first-order valence-corrected chi connectivity index (χ1v) is 13.7. The van der Waals surface area contributed by atoms with Crippen molar-refractivity contribution in [1.82, 2.24) is 19.4 Å². The Hall–Kier alpha value is -2.57. The lowest BCUT2D eigenvalue weighted by Crippen LogP contribution is -2.34. The summed E-state index contributed by atoms with van der Waals surface area (Å²) in [6.45, 7) is 3.12. The molecule has 2 fully saturated rings. The van der Waals surface area contributed by atoms with E-state index >= 15 is 0 Å². The summed E-state index contributed by atoms with van der Waals surface area (Å²) in [6.07, 6.45) is 10.8. The lowest BCUT2D eigenvalue weighted by Gasteiger charge is -2.27. The molecule has 6 rings (SSSR count). The van der Waals surface area contributed by atoms with Crippen LogP contribution in [0.4, 0.5) is 0 Å². The van der Waals surface area contributed by atoms with Crippen LogP contribution in [0.3, 0.4) is 0 Å². The number of aromatic nitrogens is 3. The summed E-state index contributed by atoms with van der Waals surface area (Å²) in [5.41, 5.74) is 5.33. The molecule has 3 aromatic heterocycles. The average molecular weight is 475 g/mol. The first kappa shape index (κ1) is 21.9. The maximum atomic E-state index is 6.17. The Bertz CT molecular complexity index is 1240. The van der Waals surface area contributed by atoms with Crippen LogP contribution in [0, 0.1) is 0 Å². The summed E-state index contributed by atoms with van der Waals surface area (Å²) in [5.74, 6) is 2.80. The van der Waals surface area contributed by atoms with Crippen molar-refractivity contribution in [2.45, 2.75) is 63.5 Å². The Morgan fingerprint density at radius 3 is 2.65 bits per heavy atom. The molecule has 4 aromatic rings. The summed E-state index contributed by atoms with van der Waals surface area (Å²) in [4.78, 5) is 4.94. The zero-order valence-electron chi connectivity index (χ0n) is 20.0. The third-order valence-corrected chi connectivity index (χ3v) is 8.52. The predicted molar refractivity (Wildman–Crippen MR) is 140 cm³/mol. The van der Waals surface area contributed by atoms with Gasteiger partial charge in [-0.1, -0.05) is 18.6 Å². The third-order valence-electron chi connectivity index (χ3n) is 7.66. The number of aryl methyl sites for hydroxylation is 2. The van der Waals surface area contributed by atoms with Gasteiger partial charge in [0.05, 0.1) is 15.9 Å². The van der Waals surface area contributed by atoms with Gasteiger partial charge in [0.1, 0.15) is 11.9 Å². The lowest BCUT2D eigenvalue weighted by molar-refractivity contribution is 0.162. The Morgan fingerprint density at radius 1 is 1.09 bits per heavy atom. The zero-order chi connectivity index (χ0) is 22.9. The SMILES string of the molecule is Cn1c(-c2ncc(C3CCC3)n2CCCc2ccc(OC3CCNCC3)cc2)cc2sccc21. The van der Waals surface area contributed by atoms with Crippen LogP contribution in [0.2, 0.25) is 0 Å². The summed E-state index contributed by atoms with van der Waals surface area (Å²) in [5, 5.41) is 5.57. The van der Waals surface area contributed by atoms with Gasteiger partial charge in [-0.15, -0.1) is 11.3 Å². The quantitative estimate of drug-likeness (QED) is 0.334. The van der Waals surface area contributed by atoms with Crippen molar-refractivity contribution < 1.29 is 4.74 Å². The highest BCUT2D eigenvalue weighted by molar-refractivity contribution is 7.17. The van der Waals surface area contributed by atoms with Crippen molar-refractivity contribution in [3.63, 3.8) is 0 Å². The number of hydrogen-bond donors (Lipinski definition) is 1. The highest BCUT2D eigenvalue weighted by Gasteiger charge is 2.26. The summed E-state index contributed by atoms with van der Waals surface area (Å²) in [7, 11) is 2.17. The normalized spacial score (nSPS) is 17.3. The van der Waals surface area contributed by atoms with E-state index in [0.29, 0.717) is 12.0 Å². The monoisotopic (exact) mass is 474 g/mol. The summed E-state index contributed by atoms with van der Waals surface area (Å²) >= 11 is 1.81. The Kier molecular flexibility index (Phi) is 6.18. The standard InChI is InChI=1S/C28H34N4OS/c1-31-24-13-17-34-27(24)18-25(31)28-30-19-26(21-5-2-6-21)32(28)16-3-4-20-7-9-22(10-8-20)33-23-11-14-29-15-12-23/h7-10,13,17-19,21,23,29H,2-6,11-12,14-16H2,1H3. The molecule has 2 aliphatic rings. The Labute approximate surface area is 205 Å². The van der Waals surface area contributed by atoms with Gasteiger partial charge in [-0.2, -0.15) is 0 Å². The van der Waals surface area contributed by atoms with E-state index in [4.69, 9.17) is 9.72 Å². The number of nitrogens with zero attached hydrogens (tertiary/aromatic N) is 3. The largest absolute Gasteiger partial charge is 0.490 e. The van der Waals surface area contributed by atoms with Crippen LogP contribution in [0.5, 0.6) is 5.75 Å². The number of hydrogen-bond acceptors (Lipinski definition) is 4. The van der Waals surface area contributed by atoms with E-state index in [1.807, 2.05) is 11.3 Å². The van der Waals surface area contributed by atoms with Crippen molar-refractivity contribution >= 4 is 21.6 Å². The number of ether oxygens (including phenoxy) is 1. The van der Waals surface area contributed by atoms with Crippen molar-refractivity contribution in [2.24, 2.45) is 7.05 Å². The first-order valence-electron chi connectivity index (χ1n) is 12.8. The van der Waals surface area contributed by atoms with Crippen LogP contribution < -0.4 is 10.1 Å². The van der Waals surface area contributed by atoms with Crippen LogP contribution in [-0.2, 0) is 20.0 Å². The maximum absolute atomic E-state index is 6.17. The minimum absolute atomic E-state index is 0.351. The highest BCUT2D eigenvalue weighted by atomic mass is 32.1. The second-order valence-corrected chi connectivity index (χ2v) is 10.8. The zero-order valence-corrected chi connectivity index (χ0v) is 20.8. The molecule has 0 unspecified atom stereocenters. The minimum atomic E-state index is 0.351. The minimum Gasteiger partial charge on any atom is -0.490 e. The molecule has 1 saturated heterocycles. The van der Waals surface area contributed by atoms with Crippen molar-refractivity contribution in [3.05, 3.63) is 59.2 Å². The fourth-order valence-electron chi connectivity index (χ4n) is 5.40. The van der Waals surface area contributed by atoms with Crippen LogP contribution in [0.1, 0.15) is 55.7 Å². The smallest absolute Gasteiger partial charge is 0.156 e. The molecular weight excluding hydrogens is 440 g/mol. The van der Waals surface area contributed by atoms with Gasteiger partial charge in [-0.25, -0.2) is 4.98 Å². The molecule has 34 heavy (non-hydrogen) atoms. The van der Waals surface area contributed by atoms with E-state index in [9.17, 15) is 0 Å². The molecule has 0 spiro atoms. The molecule has 178 valence electrons. The molecule has 6 heteroatoms. The van der Waals surface area contributed by atoms with Crippen LogP contribution in [-0.4, -0.2) is 33.3 Å². The molecule has 0 amide bonds. The number of piperidine rings is 1. The Morgan fingerprint density at radius 2 is 1.91 bits per heavy atom. The number of rotatable bonds is 8. The van der Waals surface area contributed by atoms with Gasteiger partial charge in [-0.05, 0) is 86.8 Å². The molecule has 1 saturated carbocycles. The fraction of sp³-hybridized carbons (Fsp3) is 0.464. The Balaban J connectivity index is 1.15. The molecular formula is C28H34N4OS. The van der Waals surface area contributed by atoms with Gasteiger partial charge in [0.2, 0.25) is 0 Å². The fourth-order valence-corrected chi connectivity index (χ4v) is 6.25. The van der Waals surface area contributed by atoms with Gasteiger partial charge in [0, 0.05) is 31.4 Å². The van der Waals surface area contributed by atoms with E-state index in [1.165, 1.54) is 46.4 Å². The van der Waals surface area contributed by atoms with Gasteiger partial charge in [0.25, 0.3) is 0 Å². The highest BCUT2D eigenvalue weighted by Crippen LogP contribution is 2.39. The second-order valence-electron chi connectivity index (χ2n) is 9.86. The maximum Gasteiger partial charge on any atom is 0.156 e. The van der Waals surface area contributed by atoms with Crippen molar-refractivity contribution in [2.75, 3.05) is 13.1 Å². The molecule has 0 radical (unpaired) electrons. The predicted octanol–water partition coefficient (Wildman–Crippen LogP) is 6.13. The molecule has 1 N–H and O–H groups in total. The summed E-state index contributed by atoms with van der Waals surface area (Å²) in [6, 6.07) is 13.3. The average Bonchev–Trinajstić information content (AvgIpc) is 3.52. The molecule has 1 aromatic carbocycles. The molecule has 0 bridgehead atoms. The number of fused-ring (bicyclic) bond motifs is 1. The van der Waals surface area contributed by atoms with Gasteiger partial charge < -0.3 is 19.2 Å². The molecule has 1 aliphatic heterocycles. The van der Waals surface area contributed by atoms with Crippen LogP contribution in [0.15, 0.2) is 48.0 Å². The number of thiophene rings is 1. The number of nitrogens with one attached hydrogen (secondary N) is 1. The van der Waals surface area contributed by atoms with Crippen molar-refractivity contribution in [3.8, 4) is 17.3 Å². The number of imidazole rings is 1. The van der Waals surface area contributed by atoms with Crippen LogP contribution >= 0.6 is 11.3 Å². The second kappa shape index (κ2) is 9.59. The number of benzene rings is 1. The summed E-state index contributed by atoms with van der Waals surface area (Å²) < 4.78 is 12.3. The van der Waals surface area contributed by atoms with E-state index in [2.05, 4.69) is 69.5 Å². The molecule has 1 aliphatic carbocycles. The van der Waals surface area contributed by atoms with Crippen molar-refractivity contribution in [1.29, 1.82) is 0 Å². The topological polar surface area (TPSA) is 44.0 Å². The van der Waals surface area contributed by atoms with E-state index < -0.39 is 0 Å². The lowest BCUT2D eigenvalue weighted by atomic mass is 9.83. The van der Waals surface area contributed by atoms with Gasteiger partial charge in [0.15, 0.2) is 5.82 Å². The van der Waals surface area contributed by atoms with E-state index in [1.54, 1.807) is 0 Å². The van der Waals surface area contributed by atoms with E-state index in [-0.39, 0.29) is 0 Å². The molecule has 4 heterocycles. The third kappa shape index (κ3) is 4.29. The van der Waals surface area contributed by atoms with Crippen LogP contribution in [0.25, 0.3) is 21.7 Å². The van der Waals surface area contributed by atoms with Gasteiger partial charge in [-0.3, -0.25) is 0 Å². The molecule has 5 nitrogen and oxygen atoms in total.